The average Bonchev–Trinajstić information content (AvgIpc) is 4.04. The molecule has 0 aliphatic heterocycles. The first-order chi connectivity index (χ1) is 29.1. The van der Waals surface area contributed by atoms with E-state index in [0.29, 0.717) is 55.8 Å². The summed E-state index contributed by atoms with van der Waals surface area (Å²) in [5.41, 5.74) is 6.57. The lowest BCUT2D eigenvalue weighted by molar-refractivity contribution is 0.227. The standard InChI is InChI=1S/2C21H19Cl2N5O2/c2*1-13(21-17(22)10-24-11-18(21)23)30-15-3-5-20-16(8-15)19(26-27-20)4-2-14-9-25-28(12-14)6-7-29/h2*2-5,8-13,29H,6-7H2,1H3,(H,26,27)/b2*4-2+/t2*13-/m11/s1. The Labute approximate surface area is 364 Å². The fraction of sp³-hybridized carbons (Fsp3) is 0.190. The van der Waals surface area contributed by atoms with Gasteiger partial charge in [-0.15, -0.1) is 0 Å². The highest BCUT2D eigenvalue weighted by atomic mass is 35.5. The summed E-state index contributed by atoms with van der Waals surface area (Å²) in [4.78, 5) is 7.96. The number of hydrogen-bond donors (Lipinski definition) is 4. The van der Waals surface area contributed by atoms with Crippen LogP contribution in [0.4, 0.5) is 0 Å². The summed E-state index contributed by atoms with van der Waals surface area (Å²) in [6.07, 6.45) is 20.3. The van der Waals surface area contributed by atoms with Gasteiger partial charge in [-0.3, -0.25) is 29.5 Å². The maximum absolute atomic E-state index is 9.00. The molecule has 8 rings (SSSR count). The van der Waals surface area contributed by atoms with Crippen molar-refractivity contribution in [2.75, 3.05) is 13.2 Å². The number of pyridine rings is 2. The van der Waals surface area contributed by atoms with Crippen LogP contribution in [0.1, 0.15) is 59.7 Å². The van der Waals surface area contributed by atoms with Crippen LogP contribution < -0.4 is 9.47 Å². The van der Waals surface area contributed by atoms with E-state index >= 15 is 0 Å². The Morgan fingerprint density at radius 1 is 0.600 bits per heavy atom. The molecule has 0 aliphatic carbocycles. The van der Waals surface area contributed by atoms with E-state index in [2.05, 4.69) is 40.6 Å². The monoisotopic (exact) mass is 886 g/mol. The van der Waals surface area contributed by atoms with Crippen LogP contribution in [0, 0.1) is 0 Å². The Balaban J connectivity index is 0.000000181. The number of aliphatic hydroxyl groups is 2. The van der Waals surface area contributed by atoms with Crippen molar-refractivity contribution in [3.05, 3.63) is 140 Å². The zero-order valence-electron chi connectivity index (χ0n) is 32.2. The van der Waals surface area contributed by atoms with E-state index in [1.165, 1.54) is 0 Å². The Hall–Kier alpha value is -5.74. The van der Waals surface area contributed by atoms with Crippen molar-refractivity contribution in [1.82, 2.24) is 49.9 Å². The number of benzene rings is 2. The van der Waals surface area contributed by atoms with E-state index in [0.717, 1.165) is 44.3 Å². The van der Waals surface area contributed by atoms with Crippen molar-refractivity contribution < 1.29 is 19.7 Å². The topological polar surface area (TPSA) is 178 Å². The third kappa shape index (κ3) is 10.2. The Morgan fingerprint density at radius 3 is 1.38 bits per heavy atom. The van der Waals surface area contributed by atoms with Crippen LogP contribution in [-0.4, -0.2) is 73.4 Å². The quantitative estimate of drug-likeness (QED) is 0.0822. The molecule has 2 atom stereocenters. The number of H-pyrrole nitrogens is 2. The number of rotatable bonds is 14. The lowest BCUT2D eigenvalue weighted by atomic mass is 10.1. The van der Waals surface area contributed by atoms with Gasteiger partial charge in [0.05, 0.1) is 81.2 Å². The van der Waals surface area contributed by atoms with Gasteiger partial charge in [-0.05, 0) is 74.5 Å². The van der Waals surface area contributed by atoms with E-state index in [-0.39, 0.29) is 25.4 Å². The SMILES string of the molecule is C[C@@H](Oc1ccc2[nH]nc(/C=C/c3cnn(CCO)c3)c2c1)c1c(Cl)cncc1Cl.C[C@@H](Oc1ccc2[nH]nc(/C=C/c3cnn(CCO)c3)c2c1)c1c(Cl)cncc1Cl. The van der Waals surface area contributed by atoms with Crippen LogP contribution in [0.15, 0.2) is 86.0 Å². The molecule has 308 valence electrons. The molecule has 14 nitrogen and oxygen atoms in total. The summed E-state index contributed by atoms with van der Waals surface area (Å²) in [6.45, 7) is 4.79. The highest BCUT2D eigenvalue weighted by molar-refractivity contribution is 6.36. The van der Waals surface area contributed by atoms with E-state index in [4.69, 9.17) is 66.1 Å². The number of nitrogens with zero attached hydrogens (tertiary/aromatic N) is 8. The minimum Gasteiger partial charge on any atom is -0.486 e. The van der Waals surface area contributed by atoms with Crippen LogP contribution in [0.3, 0.4) is 0 Å². The molecule has 0 bridgehead atoms. The molecule has 0 saturated carbocycles. The molecule has 0 radical (unpaired) electrons. The van der Waals surface area contributed by atoms with Gasteiger partial charge in [-0.1, -0.05) is 46.4 Å². The highest BCUT2D eigenvalue weighted by Crippen LogP contribution is 2.35. The number of nitrogens with one attached hydrogen (secondary N) is 2. The van der Waals surface area contributed by atoms with Gasteiger partial charge in [-0.2, -0.15) is 20.4 Å². The number of hydrogen-bond acceptors (Lipinski definition) is 10. The van der Waals surface area contributed by atoms with Crippen molar-refractivity contribution in [2.45, 2.75) is 39.1 Å². The van der Waals surface area contributed by atoms with Gasteiger partial charge < -0.3 is 19.7 Å². The van der Waals surface area contributed by atoms with Gasteiger partial charge in [-0.25, -0.2) is 0 Å². The fourth-order valence-electron chi connectivity index (χ4n) is 6.30. The largest absolute Gasteiger partial charge is 0.486 e. The lowest BCUT2D eigenvalue weighted by Gasteiger charge is -2.17. The third-order valence-corrected chi connectivity index (χ3v) is 10.4. The number of aromatic amines is 2. The molecule has 0 aliphatic rings. The minimum absolute atomic E-state index is 0.0476. The molecule has 0 fully saturated rings. The van der Waals surface area contributed by atoms with E-state index in [1.54, 1.807) is 46.5 Å². The average molecular weight is 889 g/mol. The molecule has 0 unspecified atom stereocenters. The zero-order chi connectivity index (χ0) is 42.2. The number of aromatic nitrogens is 10. The molecule has 60 heavy (non-hydrogen) atoms. The van der Waals surface area contributed by atoms with Gasteiger partial charge in [0.1, 0.15) is 23.7 Å². The number of ether oxygens (including phenoxy) is 2. The van der Waals surface area contributed by atoms with Crippen molar-refractivity contribution in [2.24, 2.45) is 0 Å². The van der Waals surface area contributed by atoms with E-state index in [9.17, 15) is 0 Å². The van der Waals surface area contributed by atoms with Crippen molar-refractivity contribution in [1.29, 1.82) is 0 Å². The summed E-state index contributed by atoms with van der Waals surface area (Å²) in [6, 6.07) is 11.4. The van der Waals surface area contributed by atoms with Crippen LogP contribution in [0.25, 0.3) is 46.1 Å². The molecule has 2 aromatic carbocycles. The smallest absolute Gasteiger partial charge is 0.124 e. The molecular weight excluding hydrogens is 850 g/mol. The molecule has 0 saturated heterocycles. The van der Waals surface area contributed by atoms with Crippen LogP contribution in [0.2, 0.25) is 20.1 Å². The molecule has 4 N–H and O–H groups in total. The Morgan fingerprint density at radius 2 is 1.00 bits per heavy atom. The maximum Gasteiger partial charge on any atom is 0.124 e. The predicted molar refractivity (Wildman–Crippen MR) is 235 cm³/mol. The molecule has 8 aromatic rings. The zero-order valence-corrected chi connectivity index (χ0v) is 35.2. The molecule has 18 heteroatoms. The highest BCUT2D eigenvalue weighted by Gasteiger charge is 2.18. The first-order valence-electron chi connectivity index (χ1n) is 18.6. The first-order valence-corrected chi connectivity index (χ1v) is 20.1. The van der Waals surface area contributed by atoms with Gasteiger partial charge in [0, 0.05) is 70.2 Å². The second-order valence-corrected chi connectivity index (χ2v) is 15.0. The second-order valence-electron chi connectivity index (χ2n) is 13.4. The first kappa shape index (κ1) is 42.4. The van der Waals surface area contributed by atoms with Crippen molar-refractivity contribution in [3.63, 3.8) is 0 Å². The number of fused-ring (bicyclic) bond motifs is 2. The maximum atomic E-state index is 9.00. The molecule has 6 heterocycles. The van der Waals surface area contributed by atoms with Crippen LogP contribution in [0.5, 0.6) is 11.5 Å². The summed E-state index contributed by atoms with van der Waals surface area (Å²) >= 11 is 25.0. The fourth-order valence-corrected chi connectivity index (χ4v) is 7.65. The summed E-state index contributed by atoms with van der Waals surface area (Å²) in [5, 5.41) is 44.9. The van der Waals surface area contributed by atoms with E-state index in [1.807, 2.05) is 86.9 Å². The summed E-state index contributed by atoms with van der Waals surface area (Å²) in [5.74, 6) is 1.34. The minimum atomic E-state index is -0.353. The number of aliphatic hydroxyl groups excluding tert-OH is 2. The molecule has 6 aromatic heterocycles. The van der Waals surface area contributed by atoms with Crippen LogP contribution >= 0.6 is 46.4 Å². The van der Waals surface area contributed by atoms with E-state index < -0.39 is 0 Å². The van der Waals surface area contributed by atoms with Crippen LogP contribution in [-0.2, 0) is 13.1 Å². The normalized spacial score (nSPS) is 12.7. The Bertz CT molecular complexity index is 2550. The van der Waals surface area contributed by atoms with Crippen molar-refractivity contribution in [3.8, 4) is 11.5 Å². The second kappa shape index (κ2) is 19.5. The molecule has 0 spiro atoms. The third-order valence-electron chi connectivity index (χ3n) is 9.18. The predicted octanol–water partition coefficient (Wildman–Crippen LogP) is 9.53. The summed E-state index contributed by atoms with van der Waals surface area (Å²) < 4.78 is 15.5. The van der Waals surface area contributed by atoms with Gasteiger partial charge in [0.15, 0.2) is 0 Å². The lowest BCUT2D eigenvalue weighted by Crippen LogP contribution is -2.05. The van der Waals surface area contributed by atoms with Gasteiger partial charge in [0.2, 0.25) is 0 Å². The summed E-state index contributed by atoms with van der Waals surface area (Å²) in [7, 11) is 0. The Kier molecular flexibility index (Phi) is 13.8. The van der Waals surface area contributed by atoms with Gasteiger partial charge >= 0.3 is 0 Å². The molecule has 0 amide bonds. The molecular formula is C42H38Cl4N10O4. The van der Waals surface area contributed by atoms with Gasteiger partial charge in [0.25, 0.3) is 0 Å². The number of halogens is 4. The van der Waals surface area contributed by atoms with Crippen molar-refractivity contribution >= 4 is 92.5 Å².